The van der Waals surface area contributed by atoms with Crippen molar-refractivity contribution < 1.29 is 19.0 Å². The molecule has 0 bridgehead atoms. The minimum atomic E-state index is -0.125. The smallest absolute Gasteiger partial charge is 0.251 e. The zero-order valence-electron chi connectivity index (χ0n) is 15.2. The van der Waals surface area contributed by atoms with Crippen LogP contribution in [0.4, 0.5) is 0 Å². The predicted molar refractivity (Wildman–Crippen MR) is 97.7 cm³/mol. The summed E-state index contributed by atoms with van der Waals surface area (Å²) >= 11 is 0. The Morgan fingerprint density at radius 3 is 2.28 bits per heavy atom. The number of carbonyl (C=O) groups excluding carboxylic acids is 1. The molecule has 2 rings (SSSR count). The fourth-order valence-corrected chi connectivity index (χ4v) is 2.49. The van der Waals surface area contributed by atoms with Crippen molar-refractivity contribution in [3.8, 4) is 17.2 Å². The monoisotopic (exact) mass is 343 g/mol. The van der Waals surface area contributed by atoms with Gasteiger partial charge in [-0.3, -0.25) is 4.79 Å². The fourth-order valence-electron chi connectivity index (χ4n) is 2.49. The maximum absolute atomic E-state index is 12.4. The Labute approximate surface area is 148 Å². The second-order valence-electron chi connectivity index (χ2n) is 5.51. The molecule has 0 saturated carbocycles. The molecule has 25 heavy (non-hydrogen) atoms. The highest BCUT2D eigenvalue weighted by molar-refractivity contribution is 5.94. The van der Waals surface area contributed by atoms with E-state index in [4.69, 9.17) is 14.2 Å². The van der Waals surface area contributed by atoms with E-state index < -0.39 is 0 Å². The van der Waals surface area contributed by atoms with E-state index >= 15 is 0 Å². The van der Waals surface area contributed by atoms with Crippen molar-refractivity contribution in [2.45, 2.75) is 27.3 Å². The summed E-state index contributed by atoms with van der Waals surface area (Å²) < 4.78 is 16.3. The van der Waals surface area contributed by atoms with E-state index in [1.54, 1.807) is 13.2 Å². The lowest BCUT2D eigenvalue weighted by Gasteiger charge is -2.12. The highest BCUT2D eigenvalue weighted by Gasteiger charge is 2.10. The molecule has 2 aromatic carbocycles. The number of rotatable bonds is 8. The Bertz CT molecular complexity index is 728. The summed E-state index contributed by atoms with van der Waals surface area (Å²) in [6.45, 7) is 7.35. The quantitative estimate of drug-likeness (QED) is 0.793. The topological polar surface area (TPSA) is 56.8 Å². The molecule has 0 radical (unpaired) electrons. The highest BCUT2D eigenvalue weighted by atomic mass is 16.5. The molecule has 0 unspecified atom stereocenters. The molecule has 1 N–H and O–H groups in total. The van der Waals surface area contributed by atoms with Gasteiger partial charge in [0.2, 0.25) is 0 Å². The van der Waals surface area contributed by atoms with Gasteiger partial charge in [-0.15, -0.1) is 0 Å². The van der Waals surface area contributed by atoms with Gasteiger partial charge < -0.3 is 19.5 Å². The molecule has 5 heteroatoms. The first-order valence-electron chi connectivity index (χ1n) is 8.40. The number of aryl methyl sites for hydroxylation is 1. The summed E-state index contributed by atoms with van der Waals surface area (Å²) in [7, 11) is 1.60. The lowest BCUT2D eigenvalue weighted by molar-refractivity contribution is 0.0950. The van der Waals surface area contributed by atoms with Crippen molar-refractivity contribution in [1.29, 1.82) is 0 Å². The van der Waals surface area contributed by atoms with Gasteiger partial charge in [0, 0.05) is 12.1 Å². The van der Waals surface area contributed by atoms with Crippen LogP contribution in [-0.2, 0) is 6.54 Å². The van der Waals surface area contributed by atoms with Crippen molar-refractivity contribution in [3.63, 3.8) is 0 Å². The van der Waals surface area contributed by atoms with Gasteiger partial charge in [0.25, 0.3) is 5.91 Å². The van der Waals surface area contributed by atoms with Crippen LogP contribution in [0, 0.1) is 6.92 Å². The molecule has 1 amide bonds. The summed E-state index contributed by atoms with van der Waals surface area (Å²) in [5, 5.41) is 2.92. The van der Waals surface area contributed by atoms with E-state index in [0.717, 1.165) is 16.9 Å². The van der Waals surface area contributed by atoms with Crippen LogP contribution in [0.3, 0.4) is 0 Å². The maximum Gasteiger partial charge on any atom is 0.251 e. The van der Waals surface area contributed by atoms with Crippen LogP contribution < -0.4 is 19.5 Å². The number of nitrogens with one attached hydrogen (secondary N) is 1. The van der Waals surface area contributed by atoms with E-state index in [-0.39, 0.29) is 5.91 Å². The highest BCUT2D eigenvalue weighted by Crippen LogP contribution is 2.28. The van der Waals surface area contributed by atoms with E-state index in [1.807, 2.05) is 51.1 Å². The van der Waals surface area contributed by atoms with Crippen molar-refractivity contribution in [1.82, 2.24) is 5.32 Å². The van der Waals surface area contributed by atoms with E-state index in [1.165, 1.54) is 0 Å². The number of benzene rings is 2. The first-order valence-corrected chi connectivity index (χ1v) is 8.40. The first kappa shape index (κ1) is 18.6. The third-order valence-electron chi connectivity index (χ3n) is 3.72. The molecular formula is C20H25NO4. The average molecular weight is 343 g/mol. The van der Waals surface area contributed by atoms with Gasteiger partial charge in [0.05, 0.1) is 20.3 Å². The number of ether oxygens (including phenoxy) is 3. The molecule has 0 saturated heterocycles. The molecule has 0 aliphatic heterocycles. The summed E-state index contributed by atoms with van der Waals surface area (Å²) in [6, 6.07) is 11.1. The van der Waals surface area contributed by atoms with Gasteiger partial charge in [0.15, 0.2) is 11.5 Å². The van der Waals surface area contributed by atoms with Crippen LogP contribution in [0.25, 0.3) is 0 Å². The second-order valence-corrected chi connectivity index (χ2v) is 5.51. The Kier molecular flexibility index (Phi) is 6.69. The Morgan fingerprint density at radius 2 is 1.64 bits per heavy atom. The molecule has 0 atom stereocenters. The van der Waals surface area contributed by atoms with Crippen LogP contribution in [0.15, 0.2) is 36.4 Å². The Balaban J connectivity index is 2.04. The number of hydrogen-bond acceptors (Lipinski definition) is 4. The fraction of sp³-hybridized carbons (Fsp3) is 0.350. The van der Waals surface area contributed by atoms with Gasteiger partial charge in [-0.25, -0.2) is 0 Å². The van der Waals surface area contributed by atoms with Gasteiger partial charge in [-0.05, 0) is 62.2 Å². The third kappa shape index (κ3) is 4.89. The van der Waals surface area contributed by atoms with E-state index in [2.05, 4.69) is 5.32 Å². The van der Waals surface area contributed by atoms with Crippen LogP contribution in [0.1, 0.15) is 35.3 Å². The van der Waals surface area contributed by atoms with Gasteiger partial charge in [-0.2, -0.15) is 0 Å². The molecule has 0 aliphatic carbocycles. The Hall–Kier alpha value is -2.69. The third-order valence-corrected chi connectivity index (χ3v) is 3.72. The maximum atomic E-state index is 12.4. The standard InChI is InChI=1S/C20H25NO4/c1-5-24-17-10-8-16(11-14(17)3)20(22)21-13-15-7-9-18(23-4)19(12-15)25-6-2/h7-12H,5-6,13H2,1-4H3,(H,21,22). The lowest BCUT2D eigenvalue weighted by Crippen LogP contribution is -2.22. The van der Waals surface area contributed by atoms with Gasteiger partial charge in [0.1, 0.15) is 5.75 Å². The zero-order valence-corrected chi connectivity index (χ0v) is 15.2. The van der Waals surface area contributed by atoms with Crippen LogP contribution in [0.2, 0.25) is 0 Å². The summed E-state index contributed by atoms with van der Waals surface area (Å²) in [5.74, 6) is 2.03. The normalized spacial score (nSPS) is 10.2. The van der Waals surface area contributed by atoms with Gasteiger partial charge >= 0.3 is 0 Å². The number of hydrogen-bond donors (Lipinski definition) is 1. The molecule has 0 aliphatic rings. The molecule has 0 heterocycles. The zero-order chi connectivity index (χ0) is 18.2. The van der Waals surface area contributed by atoms with Crippen LogP contribution in [0.5, 0.6) is 17.2 Å². The van der Waals surface area contributed by atoms with Crippen LogP contribution >= 0.6 is 0 Å². The molecular weight excluding hydrogens is 318 g/mol. The van der Waals surface area contributed by atoms with Crippen molar-refractivity contribution >= 4 is 5.91 Å². The second kappa shape index (κ2) is 8.97. The largest absolute Gasteiger partial charge is 0.494 e. The molecule has 0 spiro atoms. The SMILES string of the molecule is CCOc1ccc(C(=O)NCc2ccc(OC)c(OCC)c2)cc1C. The average Bonchev–Trinajstić information content (AvgIpc) is 2.62. The predicted octanol–water partition coefficient (Wildman–Crippen LogP) is 3.73. The van der Waals surface area contributed by atoms with E-state index in [9.17, 15) is 4.79 Å². The molecule has 5 nitrogen and oxygen atoms in total. The number of amides is 1. The molecule has 0 fully saturated rings. The Morgan fingerprint density at radius 1 is 0.960 bits per heavy atom. The lowest BCUT2D eigenvalue weighted by atomic mass is 10.1. The summed E-state index contributed by atoms with van der Waals surface area (Å²) in [4.78, 5) is 12.4. The minimum Gasteiger partial charge on any atom is -0.494 e. The summed E-state index contributed by atoms with van der Waals surface area (Å²) in [5.41, 5.74) is 2.50. The molecule has 134 valence electrons. The van der Waals surface area contributed by atoms with Crippen molar-refractivity contribution in [2.24, 2.45) is 0 Å². The summed E-state index contributed by atoms with van der Waals surface area (Å²) in [6.07, 6.45) is 0. The molecule has 2 aromatic rings. The van der Waals surface area contributed by atoms with Gasteiger partial charge in [-0.1, -0.05) is 6.07 Å². The number of carbonyl (C=O) groups is 1. The van der Waals surface area contributed by atoms with E-state index in [0.29, 0.717) is 36.8 Å². The van der Waals surface area contributed by atoms with Crippen molar-refractivity contribution in [2.75, 3.05) is 20.3 Å². The van der Waals surface area contributed by atoms with Crippen molar-refractivity contribution in [3.05, 3.63) is 53.1 Å². The van der Waals surface area contributed by atoms with Crippen LogP contribution in [-0.4, -0.2) is 26.2 Å². The first-order chi connectivity index (χ1) is 12.1. The molecule has 0 aromatic heterocycles. The minimum absolute atomic E-state index is 0.125. The number of methoxy groups -OCH3 is 1.